The lowest BCUT2D eigenvalue weighted by atomic mass is 9.95. The standard InChI is InChI=1S/C44H58N4O12Si.C39H54N4O13Si/c1-28(45)55-43-40(56-29(2)49)37(54-26-32-22-16-11-17-23-32)38(39(59-43)41(50)51-6)58-42-34(47-48-46)36(53-25-31-20-14-10-15-21-31)35(60-61(7,8)44(3,4)5)33(57-42)27-52-24-30-18-12-9-13-19-30;1-23(40)51-38-35(52-25(3)45)32(50-21-27-18-14-11-15-19-27)33(34(55-38)36(46)47-7)54-37-29(42-43-41)31(49-20-26-16-12-10-13-17-26)30(28(53-37)22-48-24(2)44)56-57(8,9)39(4,5)6/h9-23,33-40,42-43,45H,24-27H2,1-8H3;10-19,28-35,37-38,40H,20-22H2,1-9H3/t33?,34-,35+,36?,37+,38+,39?,40?,42-,43-;28?,29-,30+,31?,32+,33+,34?,35?,37-,38-/m00/s1. The number of azide groups is 2. The minimum atomic E-state index is -2.65. The van der Waals surface area contributed by atoms with Crippen LogP contribution in [0.3, 0.4) is 0 Å². The number of ether oxygens (including phenoxy) is 18. The zero-order valence-corrected chi connectivity index (χ0v) is 71.8. The van der Waals surface area contributed by atoms with Crippen molar-refractivity contribution >= 4 is 58.3 Å². The lowest BCUT2D eigenvalue weighted by Crippen LogP contribution is -2.67. The van der Waals surface area contributed by atoms with Crippen LogP contribution in [0.4, 0.5) is 0 Å². The summed E-state index contributed by atoms with van der Waals surface area (Å²) in [5.74, 6) is -4.44. The Morgan fingerprint density at radius 3 is 0.983 bits per heavy atom. The topological polar surface area (TPSA) is 415 Å². The first-order valence-electron chi connectivity index (χ1n) is 38.7. The molecule has 5 aromatic rings. The number of nitrogens with zero attached hydrogens (tertiary/aromatic N) is 6. The molecule has 8 unspecified atom stereocenters. The first-order valence-corrected chi connectivity index (χ1v) is 44.6. The Labute approximate surface area is 690 Å². The first-order chi connectivity index (χ1) is 56.1. The number of rotatable bonds is 34. The summed E-state index contributed by atoms with van der Waals surface area (Å²) in [6.45, 7) is 27.2. The number of carbonyl (C=O) groups is 5. The zero-order valence-electron chi connectivity index (χ0n) is 69.8. The van der Waals surface area contributed by atoms with Crippen molar-refractivity contribution in [3.05, 3.63) is 200 Å². The predicted octanol–water partition coefficient (Wildman–Crippen LogP) is 13.1. The molecule has 20 atom stereocenters. The van der Waals surface area contributed by atoms with Crippen LogP contribution < -0.4 is 0 Å². The fraction of sp³-hybridized carbons (Fsp3) is 0.554. The van der Waals surface area contributed by atoms with Crippen LogP contribution in [-0.4, -0.2) is 208 Å². The molecule has 0 bridgehead atoms. The Morgan fingerprint density at radius 2 is 0.703 bits per heavy atom. The van der Waals surface area contributed by atoms with Gasteiger partial charge in [-0.05, 0) is 75.1 Å². The van der Waals surface area contributed by atoms with E-state index in [1.807, 2.05) is 165 Å². The van der Waals surface area contributed by atoms with E-state index in [0.29, 0.717) is 0 Å². The van der Waals surface area contributed by atoms with Crippen molar-refractivity contribution in [2.24, 2.45) is 10.2 Å². The fourth-order valence-corrected chi connectivity index (χ4v) is 15.5. The molecule has 118 heavy (non-hydrogen) atoms. The van der Waals surface area contributed by atoms with Crippen LogP contribution in [0.5, 0.6) is 0 Å². The molecule has 9 rings (SSSR count). The molecule has 0 aliphatic carbocycles. The Morgan fingerprint density at radius 1 is 0.398 bits per heavy atom. The van der Waals surface area contributed by atoms with E-state index < -0.39 is 169 Å². The van der Waals surface area contributed by atoms with Gasteiger partial charge in [0.25, 0.3) is 0 Å². The van der Waals surface area contributed by atoms with E-state index in [4.69, 9.17) is 105 Å². The van der Waals surface area contributed by atoms with Crippen LogP contribution in [-0.2, 0) is 151 Å². The largest absolute Gasteiger partial charge is 0.467 e. The summed E-state index contributed by atoms with van der Waals surface area (Å²) in [5, 5.41) is 23.9. The van der Waals surface area contributed by atoms with Crippen LogP contribution in [0.25, 0.3) is 20.9 Å². The van der Waals surface area contributed by atoms with Gasteiger partial charge in [0.05, 0.1) is 66.1 Å². The van der Waals surface area contributed by atoms with Gasteiger partial charge in [0.1, 0.15) is 67.5 Å². The van der Waals surface area contributed by atoms with Gasteiger partial charge in [-0.25, -0.2) is 9.59 Å². The molecule has 4 heterocycles. The lowest BCUT2D eigenvalue weighted by molar-refractivity contribution is -0.340. The normalized spacial score (nSPS) is 27.2. The Kier molecular flexibility index (Phi) is 35.4. The van der Waals surface area contributed by atoms with E-state index in [9.17, 15) is 35.0 Å². The van der Waals surface area contributed by atoms with E-state index in [0.717, 1.165) is 34.9 Å². The van der Waals surface area contributed by atoms with Crippen LogP contribution >= 0.6 is 0 Å². The molecule has 0 aromatic heterocycles. The second-order valence-corrected chi connectivity index (χ2v) is 41.1. The maximum Gasteiger partial charge on any atom is 0.338 e. The van der Waals surface area contributed by atoms with Gasteiger partial charge in [-0.2, -0.15) is 0 Å². The highest BCUT2D eigenvalue weighted by atomic mass is 28.4. The molecule has 5 aromatic carbocycles. The van der Waals surface area contributed by atoms with E-state index in [1.165, 1.54) is 41.7 Å². The summed E-state index contributed by atoms with van der Waals surface area (Å²) >= 11 is 0. The minimum absolute atomic E-state index is 0.00234. The molecule has 642 valence electrons. The van der Waals surface area contributed by atoms with Gasteiger partial charge in [0.2, 0.25) is 12.6 Å². The smallest absolute Gasteiger partial charge is 0.338 e. The number of methoxy groups -OCH3 is 2. The molecular formula is C83H112N8O25Si2. The Hall–Kier alpha value is -9.08. The molecule has 4 aliphatic rings. The predicted molar refractivity (Wildman–Crippen MR) is 431 cm³/mol. The van der Waals surface area contributed by atoms with Crippen molar-refractivity contribution in [3.8, 4) is 0 Å². The van der Waals surface area contributed by atoms with Crippen molar-refractivity contribution in [2.75, 3.05) is 27.4 Å². The SMILES string of the molecule is COC(=O)C1O[C@H](OC(C)=N)C(OC(C)=O)[C@H](OCc2ccccc2)[C@H]1O[C@@H]1OC(COC(C)=O)[C@@H](O[Si](C)(C)C(C)(C)C)C(OCc2ccccc2)[C@@H]1N=[N+]=[N-].COC(=O)C1O[C@H](OC(C)=N)C(OC(C)=O)[C@H](OCc2ccccc2)[C@H]1O[C@@H]1OC(COCc2ccccc2)[C@@H](O[Si](C)(C)C(C)(C)C)C(OCc2ccccc2)[C@@H]1N=[N+]=[N-]. The average molecular weight is 1680 g/mol. The number of hydrogen-bond acceptors (Lipinski definition) is 29. The molecule has 0 spiro atoms. The lowest BCUT2D eigenvalue weighted by Gasteiger charge is -2.51. The molecular weight excluding hydrogens is 1570 g/mol. The molecule has 4 saturated heterocycles. The van der Waals surface area contributed by atoms with Crippen LogP contribution in [0.15, 0.2) is 162 Å². The second kappa shape index (κ2) is 44.3. The second-order valence-electron chi connectivity index (χ2n) is 31.6. The molecule has 4 aliphatic heterocycles. The van der Waals surface area contributed by atoms with Crippen molar-refractivity contribution in [1.29, 1.82) is 10.8 Å². The van der Waals surface area contributed by atoms with Gasteiger partial charge >= 0.3 is 29.8 Å². The molecule has 33 nitrogen and oxygen atoms in total. The van der Waals surface area contributed by atoms with Crippen molar-refractivity contribution in [3.63, 3.8) is 0 Å². The molecule has 0 radical (unpaired) electrons. The molecule has 0 saturated carbocycles. The summed E-state index contributed by atoms with van der Waals surface area (Å²) in [6, 6.07) is 44.2. The van der Waals surface area contributed by atoms with Gasteiger partial charge in [-0.1, -0.05) is 203 Å². The minimum Gasteiger partial charge on any atom is -0.467 e. The highest BCUT2D eigenvalue weighted by Gasteiger charge is 2.61. The molecule has 2 N–H and O–H groups in total. The third kappa shape index (κ3) is 26.7. The highest BCUT2D eigenvalue weighted by molar-refractivity contribution is 6.74. The fourth-order valence-electron chi connectivity index (χ4n) is 12.9. The zero-order chi connectivity index (χ0) is 86.1. The number of carbonyl (C=O) groups excluding carboxylic acids is 5. The van der Waals surface area contributed by atoms with Crippen molar-refractivity contribution < 1.29 is 118 Å². The summed E-state index contributed by atoms with van der Waals surface area (Å²) in [5.41, 5.74) is 24.2. The number of hydrogen-bond donors (Lipinski definition) is 2. The van der Waals surface area contributed by atoms with Crippen molar-refractivity contribution in [1.82, 2.24) is 0 Å². The van der Waals surface area contributed by atoms with Crippen LogP contribution in [0, 0.1) is 10.8 Å². The van der Waals surface area contributed by atoms with Crippen LogP contribution in [0.1, 0.15) is 104 Å². The maximum absolute atomic E-state index is 13.7. The molecule has 0 amide bonds. The monoisotopic (exact) mass is 1680 g/mol. The Balaban J connectivity index is 0.000000295. The van der Waals surface area contributed by atoms with Gasteiger partial charge in [0, 0.05) is 44.4 Å². The van der Waals surface area contributed by atoms with Gasteiger partial charge < -0.3 is 94.1 Å². The van der Waals surface area contributed by atoms with Crippen molar-refractivity contribution in [2.45, 2.75) is 268 Å². The number of benzene rings is 5. The number of nitrogens with one attached hydrogen (secondary N) is 2. The highest BCUT2D eigenvalue weighted by Crippen LogP contribution is 2.45. The maximum atomic E-state index is 13.7. The third-order valence-corrected chi connectivity index (χ3v) is 29.6. The summed E-state index contributed by atoms with van der Waals surface area (Å²) in [7, 11) is -2.93. The first kappa shape index (κ1) is 94.4. The van der Waals surface area contributed by atoms with E-state index in [1.54, 1.807) is 0 Å². The molecule has 4 fully saturated rings. The van der Waals surface area contributed by atoms with E-state index >= 15 is 0 Å². The molecule has 35 heteroatoms. The average Bonchev–Trinajstić information content (AvgIpc) is 0.762. The van der Waals surface area contributed by atoms with Crippen LogP contribution in [0.2, 0.25) is 36.3 Å². The Bertz CT molecular complexity index is 4150. The van der Waals surface area contributed by atoms with E-state index in [2.05, 4.69) is 74.7 Å². The van der Waals surface area contributed by atoms with Gasteiger partial charge in [0.15, 0.2) is 65.4 Å². The van der Waals surface area contributed by atoms with Gasteiger partial charge in [-0.15, -0.1) is 0 Å². The van der Waals surface area contributed by atoms with Gasteiger partial charge in [-0.3, -0.25) is 25.2 Å². The third-order valence-electron chi connectivity index (χ3n) is 20.7. The quantitative estimate of drug-likeness (QED) is 0.00564. The van der Waals surface area contributed by atoms with E-state index in [-0.39, 0.29) is 68.1 Å². The number of esters is 5. The summed E-state index contributed by atoms with van der Waals surface area (Å²) in [4.78, 5) is 71.1. The summed E-state index contributed by atoms with van der Waals surface area (Å²) < 4.78 is 124. The summed E-state index contributed by atoms with van der Waals surface area (Å²) in [6.07, 6.45) is -23.4.